The van der Waals surface area contributed by atoms with Gasteiger partial charge in [-0.05, 0) is 52.6 Å². The van der Waals surface area contributed by atoms with E-state index in [-0.39, 0.29) is 11.8 Å². The number of unbranched alkanes of at least 4 members (excludes halogenated alkanes) is 1. The Hall–Kier alpha value is -4.43. The molecule has 0 bridgehead atoms. The SMILES string of the molecule is CCNc1nc(Nc2ccc3cnn(C)c3c2)ncc1C#CCCCNC(=O)[C@H](C)N(C)C(=O)C=CCN(C)C. The molecule has 0 radical (unpaired) electrons. The highest BCUT2D eigenvalue weighted by Crippen LogP contribution is 2.21. The second-order valence-corrected chi connectivity index (χ2v) is 9.64. The Bertz CT molecular complexity index is 1400. The van der Waals surface area contributed by atoms with Crippen molar-refractivity contribution < 1.29 is 9.59 Å². The molecule has 2 heterocycles. The second kappa shape index (κ2) is 14.6. The molecule has 3 N–H and O–H groups in total. The first-order valence-electron chi connectivity index (χ1n) is 13.3. The van der Waals surface area contributed by atoms with Crippen molar-refractivity contribution in [3.63, 3.8) is 0 Å². The van der Waals surface area contributed by atoms with E-state index in [1.807, 2.05) is 62.0 Å². The lowest BCUT2D eigenvalue weighted by Crippen LogP contribution is -2.45. The third kappa shape index (κ3) is 8.54. The molecule has 0 fully saturated rings. The van der Waals surface area contributed by atoms with E-state index in [4.69, 9.17) is 0 Å². The van der Waals surface area contributed by atoms with Gasteiger partial charge in [0, 0.05) is 57.3 Å². The van der Waals surface area contributed by atoms with Crippen molar-refractivity contribution in [2.75, 3.05) is 51.4 Å². The van der Waals surface area contributed by atoms with E-state index >= 15 is 0 Å². The molecule has 0 aliphatic heterocycles. The minimum absolute atomic E-state index is 0.196. The highest BCUT2D eigenvalue weighted by molar-refractivity contribution is 5.92. The minimum Gasteiger partial charge on any atom is -0.369 e. The Balaban J connectivity index is 1.50. The Labute approximate surface area is 236 Å². The maximum Gasteiger partial charge on any atom is 0.246 e. The number of hydrogen-bond donors (Lipinski definition) is 3. The van der Waals surface area contributed by atoms with Crippen LogP contribution in [0, 0.1) is 11.8 Å². The van der Waals surface area contributed by atoms with E-state index in [0.717, 1.165) is 16.6 Å². The fourth-order valence-corrected chi connectivity index (χ4v) is 3.73. The van der Waals surface area contributed by atoms with Gasteiger partial charge in [0.05, 0.1) is 23.5 Å². The van der Waals surface area contributed by atoms with Crippen LogP contribution in [0.25, 0.3) is 10.9 Å². The third-order valence-corrected chi connectivity index (χ3v) is 6.18. The van der Waals surface area contributed by atoms with Crippen LogP contribution in [-0.2, 0) is 16.6 Å². The van der Waals surface area contributed by atoms with Crippen LogP contribution in [0.1, 0.15) is 32.3 Å². The summed E-state index contributed by atoms with van der Waals surface area (Å²) < 4.78 is 1.82. The molecule has 2 amide bonds. The van der Waals surface area contributed by atoms with Crippen LogP contribution >= 0.6 is 0 Å². The highest BCUT2D eigenvalue weighted by Gasteiger charge is 2.20. The van der Waals surface area contributed by atoms with Gasteiger partial charge < -0.3 is 25.8 Å². The van der Waals surface area contributed by atoms with Gasteiger partial charge >= 0.3 is 0 Å². The van der Waals surface area contributed by atoms with Crippen molar-refractivity contribution in [3.05, 3.63) is 48.3 Å². The summed E-state index contributed by atoms with van der Waals surface area (Å²) in [7, 11) is 7.38. The monoisotopic (exact) mass is 545 g/mol. The van der Waals surface area contributed by atoms with Crippen molar-refractivity contribution in [2.24, 2.45) is 7.05 Å². The normalized spacial score (nSPS) is 11.8. The number of anilines is 3. The molecule has 11 heteroatoms. The third-order valence-electron chi connectivity index (χ3n) is 6.18. The zero-order chi connectivity index (χ0) is 29.1. The molecule has 0 aliphatic rings. The smallest absolute Gasteiger partial charge is 0.246 e. The fourth-order valence-electron chi connectivity index (χ4n) is 3.73. The summed E-state index contributed by atoms with van der Waals surface area (Å²) in [6.45, 7) is 5.53. The largest absolute Gasteiger partial charge is 0.369 e. The van der Waals surface area contributed by atoms with E-state index in [2.05, 4.69) is 42.9 Å². The molecule has 11 nitrogen and oxygen atoms in total. The van der Waals surface area contributed by atoms with Crippen LogP contribution < -0.4 is 16.0 Å². The first-order chi connectivity index (χ1) is 19.2. The number of rotatable bonds is 12. The molecule has 212 valence electrons. The Morgan fingerprint density at radius 2 is 2.00 bits per heavy atom. The number of fused-ring (bicyclic) bond motifs is 1. The number of amides is 2. The van der Waals surface area contributed by atoms with E-state index in [9.17, 15) is 9.59 Å². The molecule has 1 aromatic carbocycles. The summed E-state index contributed by atoms with van der Waals surface area (Å²) in [5, 5.41) is 14.7. The standard InChI is InChI=1S/C29H39N9O2/c1-7-30-27-23(19-32-29(35-27)34-24-15-14-22-20-33-38(6)25(22)18-24)12-9-8-10-16-31-28(40)21(2)37(5)26(39)13-11-17-36(3)4/h11,13-15,18-21H,7-8,10,16-17H2,1-6H3,(H,31,40)(H2,30,32,34,35)/t21-/m0/s1. The molecule has 0 saturated heterocycles. The van der Waals surface area contributed by atoms with Gasteiger partial charge in [0.2, 0.25) is 17.8 Å². The van der Waals surface area contributed by atoms with Crippen LogP contribution in [0.5, 0.6) is 0 Å². The van der Waals surface area contributed by atoms with Crippen LogP contribution in [0.3, 0.4) is 0 Å². The van der Waals surface area contributed by atoms with Crippen molar-refractivity contribution in [1.82, 2.24) is 34.9 Å². The lowest BCUT2D eigenvalue weighted by molar-refractivity contribution is -0.135. The van der Waals surface area contributed by atoms with E-state index in [1.165, 1.54) is 11.0 Å². The van der Waals surface area contributed by atoms with Gasteiger partial charge in [-0.25, -0.2) is 4.98 Å². The van der Waals surface area contributed by atoms with Crippen LogP contribution in [-0.4, -0.2) is 88.2 Å². The number of hydrogen-bond acceptors (Lipinski definition) is 8. The van der Waals surface area contributed by atoms with E-state index < -0.39 is 6.04 Å². The second-order valence-electron chi connectivity index (χ2n) is 9.64. The number of aryl methyl sites for hydroxylation is 1. The summed E-state index contributed by atoms with van der Waals surface area (Å²) in [6, 6.07) is 5.40. The quantitative estimate of drug-likeness (QED) is 0.181. The molecule has 0 spiro atoms. The molecule has 3 aromatic rings. The average Bonchev–Trinajstić information content (AvgIpc) is 3.30. The summed E-state index contributed by atoms with van der Waals surface area (Å²) in [5.74, 6) is 7.00. The number of carbonyl (C=O) groups is 2. The van der Waals surface area contributed by atoms with E-state index in [0.29, 0.717) is 49.8 Å². The lowest BCUT2D eigenvalue weighted by atomic mass is 10.2. The Morgan fingerprint density at radius 3 is 2.75 bits per heavy atom. The first-order valence-corrected chi connectivity index (χ1v) is 13.3. The van der Waals surface area contributed by atoms with Crippen molar-refractivity contribution in [2.45, 2.75) is 32.7 Å². The molecule has 40 heavy (non-hydrogen) atoms. The number of aromatic nitrogens is 4. The van der Waals surface area contributed by atoms with Crippen molar-refractivity contribution in [1.29, 1.82) is 0 Å². The number of likely N-dealkylation sites (N-methyl/N-ethyl adjacent to an activating group) is 2. The maximum atomic E-state index is 12.5. The molecule has 0 unspecified atom stereocenters. The molecule has 0 saturated carbocycles. The van der Waals surface area contributed by atoms with Crippen LogP contribution in [0.15, 0.2) is 42.7 Å². The average molecular weight is 546 g/mol. The fraction of sp³-hybridized carbons (Fsp3) is 0.414. The number of nitrogens with one attached hydrogen (secondary N) is 3. The number of nitrogens with zero attached hydrogens (tertiary/aromatic N) is 6. The molecule has 0 aliphatic carbocycles. The van der Waals surface area contributed by atoms with Crippen LogP contribution in [0.4, 0.5) is 17.5 Å². The molecular weight excluding hydrogens is 506 g/mol. The number of benzene rings is 1. The predicted molar refractivity (Wildman–Crippen MR) is 159 cm³/mol. The van der Waals surface area contributed by atoms with Crippen molar-refractivity contribution >= 4 is 40.2 Å². The van der Waals surface area contributed by atoms with Gasteiger partial charge in [0.25, 0.3) is 0 Å². The zero-order valence-electron chi connectivity index (χ0n) is 24.2. The summed E-state index contributed by atoms with van der Waals surface area (Å²) in [4.78, 5) is 37.2. The molecule has 1 atom stereocenters. The first kappa shape index (κ1) is 30.1. The highest BCUT2D eigenvalue weighted by atomic mass is 16.2. The lowest BCUT2D eigenvalue weighted by Gasteiger charge is -2.23. The van der Waals surface area contributed by atoms with E-state index in [1.54, 1.807) is 26.2 Å². The minimum atomic E-state index is -0.569. The maximum absolute atomic E-state index is 12.5. The van der Waals surface area contributed by atoms with Gasteiger partial charge in [0.1, 0.15) is 11.9 Å². The topological polar surface area (TPSA) is 120 Å². The van der Waals surface area contributed by atoms with Gasteiger partial charge in [-0.15, -0.1) is 0 Å². The van der Waals surface area contributed by atoms with Gasteiger partial charge in [-0.1, -0.05) is 17.9 Å². The van der Waals surface area contributed by atoms with Crippen LogP contribution in [0.2, 0.25) is 0 Å². The summed E-state index contributed by atoms with van der Waals surface area (Å²) >= 11 is 0. The molecule has 2 aromatic heterocycles. The molecular formula is C29H39N9O2. The zero-order valence-corrected chi connectivity index (χ0v) is 24.2. The number of carbonyl (C=O) groups excluding carboxylic acids is 2. The Morgan fingerprint density at radius 1 is 1.20 bits per heavy atom. The summed E-state index contributed by atoms with van der Waals surface area (Å²) in [6.07, 6.45) is 8.07. The van der Waals surface area contributed by atoms with Gasteiger partial charge in [0.15, 0.2) is 0 Å². The Kier molecular flexibility index (Phi) is 11.0. The summed E-state index contributed by atoms with van der Waals surface area (Å²) in [5.41, 5.74) is 2.58. The molecule has 3 rings (SSSR count). The van der Waals surface area contributed by atoms with Gasteiger partial charge in [-0.2, -0.15) is 10.1 Å². The van der Waals surface area contributed by atoms with Crippen molar-refractivity contribution in [3.8, 4) is 11.8 Å². The predicted octanol–water partition coefficient (Wildman–Crippen LogP) is 2.75. The van der Waals surface area contributed by atoms with Gasteiger partial charge in [-0.3, -0.25) is 14.3 Å².